The molecular formula is C15H17ClN6O. The molecule has 1 aliphatic heterocycles. The number of piperazine rings is 1. The number of carbonyl (C=O) groups excluding carboxylic acids is 1. The standard InChI is InChI=1S/C15H17ClN6O/c1-11-12(16)3-2-4-13(11)18-14-9-17-20-15(19-14)22-7-5-21(10-23)6-8-22/h2-4,9-10H,5-8H2,1H3,(H,18,19,20). The summed E-state index contributed by atoms with van der Waals surface area (Å²) in [5, 5.41) is 12.0. The zero-order chi connectivity index (χ0) is 16.2. The minimum atomic E-state index is 0.556. The molecule has 1 fully saturated rings. The molecule has 1 aliphatic rings. The lowest BCUT2D eigenvalue weighted by Crippen LogP contribution is -2.46. The summed E-state index contributed by atoms with van der Waals surface area (Å²) in [5.41, 5.74) is 1.84. The van der Waals surface area contributed by atoms with Crippen LogP contribution in [0.25, 0.3) is 0 Å². The van der Waals surface area contributed by atoms with Gasteiger partial charge in [0.05, 0.1) is 6.20 Å². The largest absolute Gasteiger partial charge is 0.342 e. The van der Waals surface area contributed by atoms with Crippen LogP contribution in [0.15, 0.2) is 24.4 Å². The van der Waals surface area contributed by atoms with Gasteiger partial charge in [-0.2, -0.15) is 10.1 Å². The van der Waals surface area contributed by atoms with E-state index in [0.717, 1.165) is 17.7 Å². The Morgan fingerprint density at radius 1 is 1.26 bits per heavy atom. The summed E-state index contributed by atoms with van der Waals surface area (Å²) in [6, 6.07) is 5.66. The Hall–Kier alpha value is -2.41. The van der Waals surface area contributed by atoms with Crippen molar-refractivity contribution < 1.29 is 4.79 Å². The molecule has 8 heteroatoms. The molecule has 0 unspecified atom stereocenters. The van der Waals surface area contributed by atoms with Gasteiger partial charge in [0.15, 0.2) is 5.82 Å². The SMILES string of the molecule is Cc1c(Cl)cccc1Nc1cnnc(N2CCN(C=O)CC2)n1. The number of aromatic nitrogens is 3. The maximum atomic E-state index is 10.8. The van der Waals surface area contributed by atoms with Gasteiger partial charge in [-0.05, 0) is 24.6 Å². The highest BCUT2D eigenvalue weighted by molar-refractivity contribution is 6.31. The summed E-state index contributed by atoms with van der Waals surface area (Å²) in [5.74, 6) is 1.17. The van der Waals surface area contributed by atoms with Gasteiger partial charge in [-0.1, -0.05) is 17.7 Å². The Balaban J connectivity index is 1.75. The molecule has 2 heterocycles. The molecule has 1 N–H and O–H groups in total. The number of hydrogen-bond donors (Lipinski definition) is 1. The lowest BCUT2D eigenvalue weighted by molar-refractivity contribution is -0.118. The van der Waals surface area contributed by atoms with E-state index in [9.17, 15) is 4.79 Å². The van der Waals surface area contributed by atoms with Gasteiger partial charge in [0, 0.05) is 36.9 Å². The summed E-state index contributed by atoms with van der Waals surface area (Å²) in [7, 11) is 0. The molecule has 1 saturated heterocycles. The molecule has 23 heavy (non-hydrogen) atoms. The van der Waals surface area contributed by atoms with Crippen LogP contribution in [0.4, 0.5) is 17.5 Å². The van der Waals surface area contributed by atoms with Gasteiger partial charge in [0.2, 0.25) is 12.4 Å². The van der Waals surface area contributed by atoms with Crippen LogP contribution < -0.4 is 10.2 Å². The molecule has 0 radical (unpaired) electrons. The third-order valence-corrected chi connectivity index (χ3v) is 4.23. The normalized spacial score (nSPS) is 14.7. The molecule has 0 saturated carbocycles. The van der Waals surface area contributed by atoms with Gasteiger partial charge in [-0.25, -0.2) is 0 Å². The van der Waals surface area contributed by atoms with Crippen LogP contribution in [0.5, 0.6) is 0 Å². The van der Waals surface area contributed by atoms with E-state index in [0.29, 0.717) is 43.0 Å². The number of halogens is 1. The first-order valence-corrected chi connectivity index (χ1v) is 7.71. The lowest BCUT2D eigenvalue weighted by Gasteiger charge is -2.32. The second kappa shape index (κ2) is 6.78. The second-order valence-corrected chi connectivity index (χ2v) is 5.71. The lowest BCUT2D eigenvalue weighted by atomic mass is 10.2. The smallest absolute Gasteiger partial charge is 0.247 e. The third kappa shape index (κ3) is 3.50. The van der Waals surface area contributed by atoms with Crippen LogP contribution in [0.2, 0.25) is 5.02 Å². The van der Waals surface area contributed by atoms with E-state index in [1.807, 2.05) is 30.0 Å². The van der Waals surface area contributed by atoms with Crippen LogP contribution in [-0.4, -0.2) is 52.7 Å². The number of hydrogen-bond acceptors (Lipinski definition) is 6. The van der Waals surface area contributed by atoms with Crippen molar-refractivity contribution in [3.8, 4) is 0 Å². The minimum Gasteiger partial charge on any atom is -0.342 e. The molecule has 0 aliphatic carbocycles. The topological polar surface area (TPSA) is 74.2 Å². The number of nitrogens with one attached hydrogen (secondary N) is 1. The van der Waals surface area contributed by atoms with E-state index in [2.05, 4.69) is 20.5 Å². The quantitative estimate of drug-likeness (QED) is 0.861. The number of rotatable bonds is 4. The van der Waals surface area contributed by atoms with Crippen molar-refractivity contribution in [2.75, 3.05) is 36.4 Å². The van der Waals surface area contributed by atoms with Gasteiger partial charge in [-0.3, -0.25) is 4.79 Å². The maximum absolute atomic E-state index is 10.8. The summed E-state index contributed by atoms with van der Waals surface area (Å²) >= 11 is 6.13. The summed E-state index contributed by atoms with van der Waals surface area (Å²) in [4.78, 5) is 19.0. The highest BCUT2D eigenvalue weighted by Crippen LogP contribution is 2.25. The van der Waals surface area contributed by atoms with Crippen LogP contribution in [0, 0.1) is 6.92 Å². The van der Waals surface area contributed by atoms with Crippen LogP contribution in [-0.2, 0) is 4.79 Å². The van der Waals surface area contributed by atoms with Crippen LogP contribution >= 0.6 is 11.6 Å². The number of nitrogens with zero attached hydrogens (tertiary/aromatic N) is 5. The molecule has 0 spiro atoms. The van der Waals surface area contributed by atoms with Gasteiger partial charge in [0.25, 0.3) is 0 Å². The van der Waals surface area contributed by atoms with Gasteiger partial charge < -0.3 is 15.1 Å². The van der Waals surface area contributed by atoms with Crippen LogP contribution in [0.1, 0.15) is 5.56 Å². The summed E-state index contributed by atoms with van der Waals surface area (Å²) in [6.45, 7) is 4.66. The monoisotopic (exact) mass is 332 g/mol. The fourth-order valence-electron chi connectivity index (χ4n) is 2.40. The van der Waals surface area contributed by atoms with Gasteiger partial charge in [0.1, 0.15) is 0 Å². The third-order valence-electron chi connectivity index (χ3n) is 3.82. The molecule has 0 bridgehead atoms. The van der Waals surface area contributed by atoms with Crippen LogP contribution in [0.3, 0.4) is 0 Å². The zero-order valence-corrected chi connectivity index (χ0v) is 13.5. The number of benzene rings is 1. The maximum Gasteiger partial charge on any atom is 0.247 e. The van der Waals surface area contributed by atoms with E-state index in [1.54, 1.807) is 11.1 Å². The Kier molecular flexibility index (Phi) is 4.57. The molecule has 2 aromatic rings. The zero-order valence-electron chi connectivity index (χ0n) is 12.7. The Bertz CT molecular complexity index is 702. The first kappa shape index (κ1) is 15.5. The average molecular weight is 333 g/mol. The van der Waals surface area contributed by atoms with E-state index in [-0.39, 0.29) is 0 Å². The molecule has 3 rings (SSSR count). The van der Waals surface area contributed by atoms with Gasteiger partial charge >= 0.3 is 0 Å². The molecule has 120 valence electrons. The molecule has 1 aromatic heterocycles. The Labute approximate surface area is 139 Å². The highest BCUT2D eigenvalue weighted by atomic mass is 35.5. The molecule has 7 nitrogen and oxygen atoms in total. The van der Waals surface area contributed by atoms with E-state index in [4.69, 9.17) is 11.6 Å². The average Bonchev–Trinajstić information content (AvgIpc) is 2.59. The van der Waals surface area contributed by atoms with Crippen molar-refractivity contribution in [1.82, 2.24) is 20.1 Å². The summed E-state index contributed by atoms with van der Waals surface area (Å²) in [6.07, 6.45) is 2.45. The molecule has 1 amide bonds. The van der Waals surface area contributed by atoms with Gasteiger partial charge in [-0.15, -0.1) is 5.10 Å². The highest BCUT2D eigenvalue weighted by Gasteiger charge is 2.18. The Morgan fingerprint density at radius 2 is 2.04 bits per heavy atom. The minimum absolute atomic E-state index is 0.556. The predicted octanol–water partition coefficient (Wildman–Crippen LogP) is 1.86. The number of carbonyl (C=O) groups is 1. The number of anilines is 3. The second-order valence-electron chi connectivity index (χ2n) is 5.31. The Morgan fingerprint density at radius 3 is 2.78 bits per heavy atom. The fourth-order valence-corrected chi connectivity index (χ4v) is 2.57. The molecule has 0 atom stereocenters. The van der Waals surface area contributed by atoms with E-state index in [1.165, 1.54) is 0 Å². The van der Waals surface area contributed by atoms with Crippen molar-refractivity contribution >= 4 is 35.5 Å². The van der Waals surface area contributed by atoms with Crippen molar-refractivity contribution in [3.05, 3.63) is 35.0 Å². The molecular weight excluding hydrogens is 316 g/mol. The first-order chi connectivity index (χ1) is 11.2. The van der Waals surface area contributed by atoms with Crippen molar-refractivity contribution in [2.24, 2.45) is 0 Å². The van der Waals surface area contributed by atoms with Crippen molar-refractivity contribution in [1.29, 1.82) is 0 Å². The molecule has 1 aromatic carbocycles. The summed E-state index contributed by atoms with van der Waals surface area (Å²) < 4.78 is 0. The predicted molar refractivity (Wildman–Crippen MR) is 89.1 cm³/mol. The van der Waals surface area contributed by atoms with E-state index < -0.39 is 0 Å². The first-order valence-electron chi connectivity index (χ1n) is 7.33. The van der Waals surface area contributed by atoms with Crippen molar-refractivity contribution in [3.63, 3.8) is 0 Å². The fraction of sp³-hybridized carbons (Fsp3) is 0.333. The number of amides is 1. The van der Waals surface area contributed by atoms with E-state index >= 15 is 0 Å². The van der Waals surface area contributed by atoms with Crippen molar-refractivity contribution in [2.45, 2.75) is 6.92 Å².